The van der Waals surface area contributed by atoms with Crippen LogP contribution in [0.3, 0.4) is 0 Å². The fourth-order valence-electron chi connectivity index (χ4n) is 8.72. The molecule has 0 aliphatic heterocycles. The number of ether oxygens (including phenoxy) is 4. The lowest BCUT2D eigenvalue weighted by molar-refractivity contribution is -0.385. The summed E-state index contributed by atoms with van der Waals surface area (Å²) >= 11 is 5.76. The highest BCUT2D eigenvalue weighted by molar-refractivity contribution is 7.90. The van der Waals surface area contributed by atoms with Crippen molar-refractivity contribution in [1.82, 2.24) is 9.13 Å². The largest absolute Gasteiger partial charge is 0.489 e. The summed E-state index contributed by atoms with van der Waals surface area (Å²) in [6, 6.07) is 19.5. The number of anilines is 1. The van der Waals surface area contributed by atoms with Crippen LogP contribution in [-0.4, -0.2) is 132 Å². The molecule has 24 nitrogen and oxygen atoms in total. The van der Waals surface area contributed by atoms with Crippen LogP contribution in [0.15, 0.2) is 99.4 Å². The van der Waals surface area contributed by atoms with Crippen molar-refractivity contribution in [2.24, 2.45) is 18.7 Å². The van der Waals surface area contributed by atoms with Gasteiger partial charge in [-0.1, -0.05) is 44.2 Å². The molecule has 1 aliphatic carbocycles. The Balaban J connectivity index is 0.000000337. The number of carboxylic acid groups (broad SMARTS) is 1. The van der Waals surface area contributed by atoms with Gasteiger partial charge in [0.05, 0.1) is 46.5 Å². The Kier molecular flexibility index (Phi) is 28.5. The third-order valence-corrected chi connectivity index (χ3v) is 15.9. The normalized spacial score (nSPS) is 14.1. The summed E-state index contributed by atoms with van der Waals surface area (Å²) in [6.45, 7) is 11.4. The van der Waals surface area contributed by atoms with Gasteiger partial charge in [0.1, 0.15) is 41.6 Å². The van der Waals surface area contributed by atoms with E-state index < -0.39 is 104 Å². The zero-order valence-electron chi connectivity index (χ0n) is 50.5. The van der Waals surface area contributed by atoms with Crippen molar-refractivity contribution < 1.29 is 88.8 Å². The zero-order valence-corrected chi connectivity index (χ0v) is 53.0. The number of aliphatic carboxylic acids is 1. The highest BCUT2D eigenvalue weighted by Gasteiger charge is 2.40. The van der Waals surface area contributed by atoms with Crippen LogP contribution in [0.1, 0.15) is 91.7 Å². The molecule has 0 radical (unpaired) electrons. The molecule has 0 bridgehead atoms. The van der Waals surface area contributed by atoms with E-state index in [1.807, 2.05) is 51.1 Å². The van der Waals surface area contributed by atoms with Gasteiger partial charge < -0.3 is 39.6 Å². The number of benzene rings is 4. The van der Waals surface area contributed by atoms with Gasteiger partial charge in [-0.3, -0.25) is 48.0 Å². The van der Waals surface area contributed by atoms with E-state index >= 15 is 0 Å². The Morgan fingerprint density at radius 1 is 0.933 bits per heavy atom. The number of halogens is 4. The molecule has 1 aromatic heterocycles. The number of esters is 1. The summed E-state index contributed by atoms with van der Waals surface area (Å²) < 4.78 is 95.3. The van der Waals surface area contributed by atoms with Crippen LogP contribution < -0.4 is 31.4 Å². The predicted octanol–water partition coefficient (Wildman–Crippen LogP) is 7.61. The van der Waals surface area contributed by atoms with Crippen molar-refractivity contribution in [2.75, 3.05) is 50.7 Å². The number of carbonyl (C=O) groups is 6. The third kappa shape index (κ3) is 21.7. The van der Waals surface area contributed by atoms with Crippen LogP contribution >= 0.6 is 19.0 Å². The molecular weight excluding hydrogens is 1240 g/mol. The van der Waals surface area contributed by atoms with E-state index in [2.05, 4.69) is 13.0 Å². The van der Waals surface area contributed by atoms with Crippen molar-refractivity contribution in [3.05, 3.63) is 149 Å². The fraction of sp³-hybridized carbons (Fsp3) is 0.424. The van der Waals surface area contributed by atoms with Crippen molar-refractivity contribution in [1.29, 1.82) is 0 Å². The van der Waals surface area contributed by atoms with Gasteiger partial charge in [0, 0.05) is 63.8 Å². The lowest BCUT2D eigenvalue weighted by atomic mass is 9.81. The number of Topliss-reactive ketones (excluding diaryl/α,β-unsaturated/α-hetero) is 3. The van der Waals surface area contributed by atoms with Crippen LogP contribution in [0, 0.1) is 23.0 Å². The number of hydrogen-bond donors (Lipinski definition) is 3. The Hall–Kier alpha value is -7.88. The topological polar surface area (TPSA) is 347 Å². The molecule has 6 rings (SSSR count). The number of nitro benzene ring substituents is 1. The average molecular weight is 1310 g/mol. The number of nitrogens with two attached hydrogens (primary N) is 1. The van der Waals surface area contributed by atoms with Gasteiger partial charge in [-0.25, -0.2) is 22.6 Å². The number of amides is 1. The molecule has 30 heteroatoms. The van der Waals surface area contributed by atoms with Gasteiger partial charge in [-0.2, -0.15) is 13.2 Å². The molecule has 4 N–H and O–H groups in total. The van der Waals surface area contributed by atoms with Gasteiger partial charge in [-0.15, -0.1) is 11.6 Å². The summed E-state index contributed by atoms with van der Waals surface area (Å²) in [6.07, 6.45) is -2.66. The van der Waals surface area contributed by atoms with E-state index in [0.29, 0.717) is 45.3 Å². The maximum absolute atomic E-state index is 13.1. The molecule has 1 amide bonds. The first-order valence-electron chi connectivity index (χ1n) is 27.3. The van der Waals surface area contributed by atoms with Crippen molar-refractivity contribution in [3.63, 3.8) is 0 Å². The lowest BCUT2D eigenvalue weighted by Gasteiger charge is -2.31. The number of nitro groups is 1. The lowest BCUT2D eigenvalue weighted by Crippen LogP contribution is -2.43. The molecule has 486 valence electrons. The third-order valence-electron chi connectivity index (χ3n) is 13.4. The van der Waals surface area contributed by atoms with Gasteiger partial charge in [-0.05, 0) is 106 Å². The monoisotopic (exact) mass is 1310 g/mol. The molecular formula is C59H72ClF3N5O19PS. The number of carboxylic acids is 1. The zero-order chi connectivity index (χ0) is 67.5. The van der Waals surface area contributed by atoms with Crippen molar-refractivity contribution >= 4 is 75.4 Å². The Morgan fingerprint density at radius 2 is 1.55 bits per heavy atom. The second-order valence-electron chi connectivity index (χ2n) is 20.3. The quantitative estimate of drug-likeness (QED) is 0.0114. The highest BCUT2D eigenvalue weighted by atomic mass is 35.5. The molecule has 4 aromatic carbocycles. The molecule has 0 saturated heterocycles. The summed E-state index contributed by atoms with van der Waals surface area (Å²) in [5.41, 5.74) is 5.33. The van der Waals surface area contributed by atoms with Crippen LogP contribution in [0.2, 0.25) is 0 Å². The Morgan fingerprint density at radius 3 is 2.06 bits per heavy atom. The van der Waals surface area contributed by atoms with E-state index in [1.165, 1.54) is 38.0 Å². The average Bonchev–Trinajstić information content (AvgIpc) is 1.75. The number of aromatic nitrogens is 2. The number of carbonyl (C=O) groups excluding carboxylic acids is 5. The molecule has 89 heavy (non-hydrogen) atoms. The molecule has 1 aliphatic rings. The number of methoxy groups -OCH3 is 2. The van der Waals surface area contributed by atoms with Crippen molar-refractivity contribution in [3.8, 4) is 17.2 Å². The molecule has 1 heterocycles. The first kappa shape index (κ1) is 75.4. The van der Waals surface area contributed by atoms with E-state index in [4.69, 9.17) is 46.3 Å². The minimum atomic E-state index is -4.84. The minimum Gasteiger partial charge on any atom is -0.489 e. The number of nitrogens with zero attached hydrogens (tertiary/aromatic N) is 4. The smallest absolute Gasteiger partial charge is 0.431 e. The van der Waals surface area contributed by atoms with E-state index in [9.17, 15) is 74.6 Å². The summed E-state index contributed by atoms with van der Waals surface area (Å²) in [5.74, 6) is -4.55. The standard InChI is InChI=1S/C25H25F3N2O6.C15H22ClNO2.C14H13NO7S.C5H12NO4P/c1-5-16-6-7-17(20(12-16)36-15(2)23(32)34-4)14-35-19-10-8-18(9-11-19)30-22(31)13-21(25(26,27)28)29(3)24(30)33;1-5-13-8-6-7-11(2)15(13)17(14(18)9-16)12(3)10-19-4;1-23(21,22)8-5-6-9(10(7-8)15(19)20)14(18)13-11(16)3-2-4-12(13)17;1-11(9,10)3-2-4(6)5(7)8/h6-13,15H,5,14H2,1-4H3;6-8,12H,5,9-10H2,1-4H3;5-7,13H,2-4H2,1H3;4H,2-3,6H2,1H3,(H,7,8)(H,9,10). The van der Waals surface area contributed by atoms with Gasteiger partial charge in [0.15, 0.2) is 40.7 Å². The maximum Gasteiger partial charge on any atom is 0.431 e. The number of aryl methyl sites for hydroxylation is 3. The van der Waals surface area contributed by atoms with Crippen molar-refractivity contribution in [2.45, 2.75) is 109 Å². The first-order valence-corrected chi connectivity index (χ1v) is 32.0. The Labute approximate surface area is 516 Å². The number of rotatable bonds is 22. The van der Waals surface area contributed by atoms with Crippen LogP contribution in [-0.2, 0) is 80.5 Å². The number of ketones is 3. The molecule has 0 spiro atoms. The second-order valence-corrected chi connectivity index (χ2v) is 25.2. The molecule has 5 aromatic rings. The van der Waals surface area contributed by atoms with E-state index in [-0.39, 0.29) is 60.4 Å². The number of sulfone groups is 1. The molecule has 1 fully saturated rings. The van der Waals surface area contributed by atoms with Crippen LogP contribution in [0.4, 0.5) is 24.5 Å². The summed E-state index contributed by atoms with van der Waals surface area (Å²) in [4.78, 5) is 115. The maximum atomic E-state index is 13.1. The number of para-hydroxylation sites is 1. The number of alkyl halides is 4. The molecule has 1 saturated carbocycles. The fourth-order valence-corrected chi connectivity index (χ4v) is 10.2. The minimum absolute atomic E-state index is 0.0223. The summed E-state index contributed by atoms with van der Waals surface area (Å²) in [5, 5.41) is 19.4. The molecule has 4 unspecified atom stereocenters. The van der Waals surface area contributed by atoms with E-state index in [1.54, 1.807) is 18.9 Å². The highest BCUT2D eigenvalue weighted by Crippen LogP contribution is 2.36. The number of hydrogen-bond acceptors (Lipinski definition) is 18. The first-order chi connectivity index (χ1) is 41.5. The van der Waals surface area contributed by atoms with Gasteiger partial charge in [0.2, 0.25) is 5.91 Å². The summed E-state index contributed by atoms with van der Waals surface area (Å²) in [7, 11) is -2.94. The van der Waals surface area contributed by atoms with Crippen LogP contribution in [0.25, 0.3) is 5.69 Å². The SMILES string of the molecule is CCc1ccc(COc2ccc(-n3c(=O)cc(C(F)(F)F)n(C)c3=O)cc2)c(OC(C)C(=O)OC)c1.CCc1cccc(C)c1N(C(=O)CCl)C(C)COC.CP(=O)(O)CCC(N)C(=O)O.CS(=O)(=O)c1ccc(C(=O)C2C(=O)CCCC2=O)c([N+](=O)[O-])c1. The second kappa shape index (κ2) is 33.6. The van der Waals surface area contributed by atoms with Crippen LogP contribution in [0.5, 0.6) is 11.5 Å². The Bertz CT molecular complexity index is 3650. The predicted molar refractivity (Wildman–Crippen MR) is 323 cm³/mol. The van der Waals surface area contributed by atoms with Gasteiger partial charge >= 0.3 is 23.8 Å². The molecule has 4 atom stereocenters. The van der Waals surface area contributed by atoms with E-state index in [0.717, 1.165) is 66.7 Å². The van der Waals surface area contributed by atoms with Gasteiger partial charge in [0.25, 0.3) is 11.2 Å².